The zero-order valence-corrected chi connectivity index (χ0v) is 13.2. The van der Waals surface area contributed by atoms with E-state index in [1.807, 2.05) is 48.5 Å². The lowest BCUT2D eigenvalue weighted by atomic mass is 10.2. The van der Waals surface area contributed by atoms with Crippen molar-refractivity contribution in [3.8, 4) is 10.9 Å². The molecule has 0 spiro atoms. The molecule has 0 aliphatic rings. The van der Waals surface area contributed by atoms with Crippen molar-refractivity contribution in [2.75, 3.05) is 6.54 Å². The highest BCUT2D eigenvalue weighted by Crippen LogP contribution is 2.31. The third-order valence-electron chi connectivity index (χ3n) is 3.25. The summed E-state index contributed by atoms with van der Waals surface area (Å²) in [4.78, 5) is 14.9. The fourth-order valence-electron chi connectivity index (χ4n) is 2.10. The normalized spacial score (nSPS) is 10.8. The van der Waals surface area contributed by atoms with Crippen molar-refractivity contribution < 1.29 is 14.6 Å². The van der Waals surface area contributed by atoms with Crippen molar-refractivity contribution in [3.63, 3.8) is 0 Å². The molecule has 0 atom stereocenters. The first kappa shape index (κ1) is 15.5. The maximum absolute atomic E-state index is 10.4. The highest BCUT2D eigenvalue weighted by molar-refractivity contribution is 7.20. The lowest BCUT2D eigenvalue weighted by Crippen LogP contribution is -2.17. The van der Waals surface area contributed by atoms with Crippen LogP contribution in [0, 0.1) is 0 Å². The summed E-state index contributed by atoms with van der Waals surface area (Å²) in [7, 11) is 0. The number of nitrogens with zero attached hydrogens (tertiary/aromatic N) is 1. The molecule has 0 unspecified atom stereocenters. The Balaban J connectivity index is 1.57. The number of hydrogen-bond donors (Lipinski definition) is 2. The van der Waals surface area contributed by atoms with Crippen molar-refractivity contribution in [2.45, 2.75) is 13.0 Å². The van der Waals surface area contributed by atoms with Gasteiger partial charge in [-0.25, -0.2) is 4.98 Å². The van der Waals surface area contributed by atoms with Crippen LogP contribution in [-0.4, -0.2) is 22.6 Å². The number of aliphatic carboxylic acids is 1. The van der Waals surface area contributed by atoms with Gasteiger partial charge in [0.25, 0.3) is 5.19 Å². The Kier molecular flexibility index (Phi) is 4.85. The van der Waals surface area contributed by atoms with Crippen molar-refractivity contribution in [1.29, 1.82) is 0 Å². The molecular weight excluding hydrogens is 312 g/mol. The van der Waals surface area contributed by atoms with E-state index in [0.717, 1.165) is 21.5 Å². The number of nitrogens with one attached hydrogen (secondary N) is 1. The van der Waals surface area contributed by atoms with Gasteiger partial charge in [0.15, 0.2) is 0 Å². The summed E-state index contributed by atoms with van der Waals surface area (Å²) in [5.41, 5.74) is 2.01. The number of fused-ring (bicyclic) bond motifs is 1. The summed E-state index contributed by atoms with van der Waals surface area (Å²) in [6, 6.07) is 15.6. The number of thiazole rings is 1. The quantitative estimate of drug-likeness (QED) is 0.648. The van der Waals surface area contributed by atoms with Gasteiger partial charge in [0.2, 0.25) is 0 Å². The molecule has 2 aromatic carbocycles. The van der Waals surface area contributed by atoms with E-state index < -0.39 is 5.97 Å². The minimum absolute atomic E-state index is 0.124. The lowest BCUT2D eigenvalue weighted by Gasteiger charge is -2.05. The second-order valence-corrected chi connectivity index (χ2v) is 6.01. The molecule has 0 aliphatic heterocycles. The summed E-state index contributed by atoms with van der Waals surface area (Å²) in [6.07, 6.45) is 0.124. The van der Waals surface area contributed by atoms with Crippen molar-refractivity contribution in [3.05, 3.63) is 54.1 Å². The lowest BCUT2D eigenvalue weighted by molar-refractivity contribution is -0.136. The number of carboxylic acids is 1. The van der Waals surface area contributed by atoms with Crippen LogP contribution in [-0.2, 0) is 11.3 Å². The van der Waals surface area contributed by atoms with E-state index in [2.05, 4.69) is 10.3 Å². The van der Waals surface area contributed by atoms with E-state index in [1.54, 1.807) is 0 Å². The van der Waals surface area contributed by atoms with Crippen LogP contribution in [0.2, 0.25) is 0 Å². The zero-order chi connectivity index (χ0) is 16.1. The van der Waals surface area contributed by atoms with E-state index in [4.69, 9.17) is 9.84 Å². The molecule has 118 valence electrons. The van der Waals surface area contributed by atoms with Gasteiger partial charge in [0, 0.05) is 13.1 Å². The minimum Gasteiger partial charge on any atom is -0.481 e. The summed E-state index contributed by atoms with van der Waals surface area (Å²) in [6.45, 7) is 1.09. The highest BCUT2D eigenvalue weighted by Gasteiger charge is 2.05. The Hall–Kier alpha value is -2.44. The number of aromatic nitrogens is 1. The standard InChI is InChI=1S/C17H16N2O3S/c20-16(21)9-10-18-11-12-5-7-13(8-6-12)22-17-19-14-3-1-2-4-15(14)23-17/h1-8,18H,9-11H2,(H,20,21). The van der Waals surface area contributed by atoms with Crippen LogP contribution in [0.1, 0.15) is 12.0 Å². The molecule has 2 N–H and O–H groups in total. The average Bonchev–Trinajstić information content (AvgIpc) is 2.95. The Morgan fingerprint density at radius 2 is 1.96 bits per heavy atom. The SMILES string of the molecule is O=C(O)CCNCc1ccc(Oc2nc3ccccc3s2)cc1. The molecule has 23 heavy (non-hydrogen) atoms. The van der Waals surface area contributed by atoms with E-state index in [9.17, 15) is 4.79 Å². The molecule has 1 heterocycles. The molecule has 0 fully saturated rings. The van der Waals surface area contributed by atoms with Gasteiger partial charge in [-0.05, 0) is 29.8 Å². The number of para-hydroxylation sites is 1. The zero-order valence-electron chi connectivity index (χ0n) is 12.4. The maximum atomic E-state index is 10.4. The van der Waals surface area contributed by atoms with Gasteiger partial charge in [-0.1, -0.05) is 35.6 Å². The summed E-state index contributed by atoms with van der Waals surface area (Å²) in [5, 5.41) is 12.3. The predicted octanol–water partition coefficient (Wildman–Crippen LogP) is 3.65. The van der Waals surface area contributed by atoms with Gasteiger partial charge in [-0.3, -0.25) is 4.79 Å². The molecule has 1 aromatic heterocycles. The first-order valence-corrected chi connectivity index (χ1v) is 8.07. The second-order valence-electron chi connectivity index (χ2n) is 5.01. The molecule has 0 saturated heterocycles. The third-order valence-corrected chi connectivity index (χ3v) is 4.16. The summed E-state index contributed by atoms with van der Waals surface area (Å²) >= 11 is 1.51. The Bertz CT molecular complexity index is 766. The Morgan fingerprint density at radius 1 is 1.17 bits per heavy atom. The molecule has 0 aliphatic carbocycles. The van der Waals surface area contributed by atoms with Crippen LogP contribution < -0.4 is 10.1 Å². The van der Waals surface area contributed by atoms with Crippen molar-refractivity contribution >= 4 is 27.5 Å². The highest BCUT2D eigenvalue weighted by atomic mass is 32.1. The predicted molar refractivity (Wildman–Crippen MR) is 90.1 cm³/mol. The topological polar surface area (TPSA) is 71.5 Å². The number of benzene rings is 2. The molecule has 0 bridgehead atoms. The van der Waals surface area contributed by atoms with Crippen LogP contribution in [0.4, 0.5) is 0 Å². The van der Waals surface area contributed by atoms with Crippen molar-refractivity contribution in [1.82, 2.24) is 10.3 Å². The fourth-order valence-corrected chi connectivity index (χ4v) is 2.93. The number of ether oxygens (including phenoxy) is 1. The average molecular weight is 328 g/mol. The van der Waals surface area contributed by atoms with Crippen LogP contribution in [0.3, 0.4) is 0 Å². The molecular formula is C17H16N2O3S. The minimum atomic E-state index is -0.794. The maximum Gasteiger partial charge on any atom is 0.304 e. The smallest absolute Gasteiger partial charge is 0.304 e. The van der Waals surface area contributed by atoms with E-state index in [0.29, 0.717) is 18.3 Å². The second kappa shape index (κ2) is 7.21. The Morgan fingerprint density at radius 3 is 2.70 bits per heavy atom. The number of carbonyl (C=O) groups is 1. The number of rotatable bonds is 7. The monoisotopic (exact) mass is 328 g/mol. The van der Waals surface area contributed by atoms with Crippen LogP contribution in [0.25, 0.3) is 10.2 Å². The summed E-state index contributed by atoms with van der Waals surface area (Å²) < 4.78 is 6.88. The molecule has 0 saturated carbocycles. The van der Waals surface area contributed by atoms with Crippen LogP contribution in [0.15, 0.2) is 48.5 Å². The molecule has 3 aromatic rings. The van der Waals surface area contributed by atoms with Gasteiger partial charge in [-0.2, -0.15) is 0 Å². The van der Waals surface area contributed by atoms with Gasteiger partial charge in [0.05, 0.1) is 16.6 Å². The largest absolute Gasteiger partial charge is 0.481 e. The molecule has 0 amide bonds. The van der Waals surface area contributed by atoms with Gasteiger partial charge < -0.3 is 15.2 Å². The van der Waals surface area contributed by atoms with Gasteiger partial charge >= 0.3 is 5.97 Å². The Labute approximate surface area is 137 Å². The van der Waals surface area contributed by atoms with Crippen molar-refractivity contribution in [2.24, 2.45) is 0 Å². The molecule has 5 nitrogen and oxygen atoms in total. The van der Waals surface area contributed by atoms with Crippen LogP contribution in [0.5, 0.6) is 10.9 Å². The van der Waals surface area contributed by atoms with Crippen LogP contribution >= 0.6 is 11.3 Å². The van der Waals surface area contributed by atoms with E-state index >= 15 is 0 Å². The molecule has 0 radical (unpaired) electrons. The molecule has 6 heteroatoms. The van der Waals surface area contributed by atoms with E-state index in [-0.39, 0.29) is 6.42 Å². The van der Waals surface area contributed by atoms with Gasteiger partial charge in [0.1, 0.15) is 5.75 Å². The number of hydrogen-bond acceptors (Lipinski definition) is 5. The first-order chi connectivity index (χ1) is 11.2. The number of carboxylic acid groups (broad SMARTS) is 1. The third kappa shape index (κ3) is 4.28. The van der Waals surface area contributed by atoms with E-state index in [1.165, 1.54) is 11.3 Å². The molecule has 3 rings (SSSR count). The first-order valence-electron chi connectivity index (χ1n) is 7.25. The fraction of sp³-hybridized carbons (Fsp3) is 0.176. The van der Waals surface area contributed by atoms with Gasteiger partial charge in [-0.15, -0.1) is 0 Å². The summed E-state index contributed by atoms with van der Waals surface area (Å²) in [5.74, 6) is -0.0598.